The number of carbonyl (C=O) groups excluding carboxylic acids is 1. The van der Waals surface area contributed by atoms with Gasteiger partial charge in [0.05, 0.1) is 15.5 Å². The second-order valence-corrected chi connectivity index (χ2v) is 8.06. The molecule has 12 heteroatoms. The molecular formula is C19H19N5O6S. The molecule has 3 rings (SSSR count). The number of sulfonamides is 1. The van der Waals surface area contributed by atoms with Gasteiger partial charge in [-0.1, -0.05) is 12.1 Å². The molecule has 0 unspecified atom stereocenters. The van der Waals surface area contributed by atoms with E-state index in [1.165, 1.54) is 19.2 Å². The summed E-state index contributed by atoms with van der Waals surface area (Å²) in [6.45, 7) is -0.655. The minimum Gasteiger partial charge on any atom is -0.460 e. The van der Waals surface area contributed by atoms with Gasteiger partial charge < -0.3 is 10.1 Å². The molecule has 1 heterocycles. The molecule has 162 valence electrons. The van der Waals surface area contributed by atoms with E-state index in [1.807, 2.05) is 0 Å². The van der Waals surface area contributed by atoms with Crippen molar-refractivity contribution >= 4 is 27.4 Å². The number of nitro groups is 1. The Bertz CT molecular complexity index is 1180. The van der Waals surface area contributed by atoms with Crippen molar-refractivity contribution in [2.45, 2.75) is 11.5 Å². The van der Waals surface area contributed by atoms with E-state index < -0.39 is 33.1 Å². The molecule has 1 aromatic heterocycles. The van der Waals surface area contributed by atoms with Crippen LogP contribution in [0.15, 0.2) is 65.8 Å². The van der Waals surface area contributed by atoms with Crippen LogP contribution in [0.2, 0.25) is 0 Å². The molecular weight excluding hydrogens is 426 g/mol. The van der Waals surface area contributed by atoms with E-state index >= 15 is 0 Å². The number of hydrogen-bond acceptors (Lipinski definition) is 8. The first kappa shape index (κ1) is 21.9. The summed E-state index contributed by atoms with van der Waals surface area (Å²) in [5.41, 5.74) is 1.32. The second-order valence-electron chi connectivity index (χ2n) is 6.29. The van der Waals surface area contributed by atoms with Crippen molar-refractivity contribution in [2.75, 3.05) is 18.9 Å². The topological polar surface area (TPSA) is 145 Å². The van der Waals surface area contributed by atoms with Crippen LogP contribution in [-0.2, 0) is 26.2 Å². The normalized spacial score (nSPS) is 11.1. The Morgan fingerprint density at radius 3 is 2.58 bits per heavy atom. The van der Waals surface area contributed by atoms with Crippen LogP contribution in [0.25, 0.3) is 5.69 Å². The molecule has 31 heavy (non-hydrogen) atoms. The molecule has 0 fully saturated rings. The van der Waals surface area contributed by atoms with Crippen molar-refractivity contribution in [1.82, 2.24) is 14.5 Å². The molecule has 0 amide bonds. The Kier molecular flexibility index (Phi) is 6.62. The zero-order chi connectivity index (χ0) is 22.4. The minimum absolute atomic E-state index is 0.0394. The standard InChI is InChI=1S/C19H19N5O6S/c1-20-17-8-7-16(11-18(17)24(26)27)31(28,29)22-12-19(25)30-13-14-3-5-15(6-4-14)23-10-2-9-21-23/h2-11,20,22H,12-13H2,1H3. The SMILES string of the molecule is CNc1ccc(S(=O)(=O)NCC(=O)OCc2ccc(-n3cccn3)cc2)cc1[N+](=O)[O-]. The maximum atomic E-state index is 12.4. The Morgan fingerprint density at radius 1 is 1.23 bits per heavy atom. The maximum absolute atomic E-state index is 12.4. The molecule has 0 radical (unpaired) electrons. The van der Waals surface area contributed by atoms with Crippen LogP contribution in [0, 0.1) is 10.1 Å². The number of nitrogens with one attached hydrogen (secondary N) is 2. The van der Waals surface area contributed by atoms with E-state index in [0.29, 0.717) is 5.56 Å². The monoisotopic (exact) mass is 445 g/mol. The third-order valence-electron chi connectivity index (χ3n) is 4.26. The van der Waals surface area contributed by atoms with E-state index in [0.717, 1.165) is 11.8 Å². The molecule has 0 aliphatic rings. The molecule has 0 saturated heterocycles. The van der Waals surface area contributed by atoms with Gasteiger partial charge in [0.15, 0.2) is 0 Å². The first-order valence-corrected chi connectivity index (χ1v) is 10.5. The molecule has 0 saturated carbocycles. The number of nitro benzene ring substituents is 1. The fourth-order valence-corrected chi connectivity index (χ4v) is 3.65. The van der Waals surface area contributed by atoms with Gasteiger partial charge in [-0.15, -0.1) is 0 Å². The number of carbonyl (C=O) groups is 1. The van der Waals surface area contributed by atoms with Gasteiger partial charge in [-0.05, 0) is 35.9 Å². The van der Waals surface area contributed by atoms with Gasteiger partial charge in [-0.3, -0.25) is 14.9 Å². The van der Waals surface area contributed by atoms with Crippen LogP contribution in [0.1, 0.15) is 5.56 Å². The van der Waals surface area contributed by atoms with Crippen molar-refractivity contribution in [3.8, 4) is 5.69 Å². The van der Waals surface area contributed by atoms with Gasteiger partial charge >= 0.3 is 5.97 Å². The third kappa shape index (κ3) is 5.43. The fourth-order valence-electron chi connectivity index (χ4n) is 2.66. The lowest BCUT2D eigenvalue weighted by atomic mass is 10.2. The van der Waals surface area contributed by atoms with Crippen LogP contribution in [-0.4, -0.2) is 42.7 Å². The predicted molar refractivity (Wildman–Crippen MR) is 111 cm³/mol. The Labute approximate surface area is 177 Å². The zero-order valence-electron chi connectivity index (χ0n) is 16.4. The number of benzene rings is 2. The largest absolute Gasteiger partial charge is 0.460 e. The average Bonchev–Trinajstić information content (AvgIpc) is 3.31. The van der Waals surface area contributed by atoms with Gasteiger partial charge in [0.1, 0.15) is 18.8 Å². The van der Waals surface area contributed by atoms with Gasteiger partial charge in [0.2, 0.25) is 10.0 Å². The van der Waals surface area contributed by atoms with Crippen molar-refractivity contribution in [2.24, 2.45) is 0 Å². The Hall–Kier alpha value is -3.77. The zero-order valence-corrected chi connectivity index (χ0v) is 17.2. The first-order chi connectivity index (χ1) is 14.8. The molecule has 0 spiro atoms. The summed E-state index contributed by atoms with van der Waals surface area (Å²) in [5.74, 6) is -0.791. The maximum Gasteiger partial charge on any atom is 0.321 e. The average molecular weight is 445 g/mol. The summed E-state index contributed by atoms with van der Waals surface area (Å²) in [6.07, 6.45) is 3.45. The summed E-state index contributed by atoms with van der Waals surface area (Å²) in [4.78, 5) is 22.0. The van der Waals surface area contributed by atoms with Gasteiger partial charge in [0.25, 0.3) is 5.69 Å². The first-order valence-electron chi connectivity index (χ1n) is 9.00. The second kappa shape index (κ2) is 9.36. The summed E-state index contributed by atoms with van der Waals surface area (Å²) in [5, 5.41) is 17.8. The van der Waals surface area contributed by atoms with Crippen LogP contribution >= 0.6 is 0 Å². The molecule has 0 aliphatic carbocycles. The smallest absolute Gasteiger partial charge is 0.321 e. The van der Waals surface area contributed by atoms with E-state index in [1.54, 1.807) is 47.4 Å². The summed E-state index contributed by atoms with van der Waals surface area (Å²) in [7, 11) is -2.66. The summed E-state index contributed by atoms with van der Waals surface area (Å²) < 4.78 is 33.6. The van der Waals surface area contributed by atoms with Crippen molar-refractivity contribution < 1.29 is 22.9 Å². The number of esters is 1. The highest BCUT2D eigenvalue weighted by atomic mass is 32.2. The van der Waals surface area contributed by atoms with E-state index in [2.05, 4.69) is 15.1 Å². The molecule has 11 nitrogen and oxygen atoms in total. The number of anilines is 1. The van der Waals surface area contributed by atoms with Crippen molar-refractivity contribution in [1.29, 1.82) is 0 Å². The number of nitrogens with zero attached hydrogens (tertiary/aromatic N) is 3. The van der Waals surface area contributed by atoms with Gasteiger partial charge in [0, 0.05) is 25.5 Å². The summed E-state index contributed by atoms with van der Waals surface area (Å²) >= 11 is 0. The molecule has 0 atom stereocenters. The third-order valence-corrected chi connectivity index (χ3v) is 5.66. The van der Waals surface area contributed by atoms with Crippen molar-refractivity contribution in [3.63, 3.8) is 0 Å². The van der Waals surface area contributed by atoms with E-state index in [-0.39, 0.29) is 17.2 Å². The number of rotatable bonds is 9. The highest BCUT2D eigenvalue weighted by Gasteiger charge is 2.21. The fraction of sp³-hybridized carbons (Fsp3) is 0.158. The number of hydrogen-bond donors (Lipinski definition) is 2. The minimum atomic E-state index is -4.14. The van der Waals surface area contributed by atoms with E-state index in [9.17, 15) is 23.3 Å². The molecule has 3 aromatic rings. The molecule has 0 bridgehead atoms. The van der Waals surface area contributed by atoms with Crippen LogP contribution in [0.4, 0.5) is 11.4 Å². The Balaban J connectivity index is 1.56. The van der Waals surface area contributed by atoms with Gasteiger partial charge in [-0.2, -0.15) is 9.82 Å². The summed E-state index contributed by atoms with van der Waals surface area (Å²) in [6, 6.07) is 12.3. The number of aromatic nitrogens is 2. The highest BCUT2D eigenvalue weighted by molar-refractivity contribution is 7.89. The number of ether oxygens (including phenoxy) is 1. The highest BCUT2D eigenvalue weighted by Crippen LogP contribution is 2.26. The predicted octanol–water partition coefficient (Wildman–Crippen LogP) is 1.84. The molecule has 0 aliphatic heterocycles. The van der Waals surface area contributed by atoms with Crippen LogP contribution in [0.5, 0.6) is 0 Å². The lowest BCUT2D eigenvalue weighted by Gasteiger charge is -2.09. The van der Waals surface area contributed by atoms with Crippen LogP contribution in [0.3, 0.4) is 0 Å². The van der Waals surface area contributed by atoms with E-state index in [4.69, 9.17) is 4.74 Å². The van der Waals surface area contributed by atoms with Crippen molar-refractivity contribution in [3.05, 3.63) is 76.6 Å². The van der Waals surface area contributed by atoms with Crippen LogP contribution < -0.4 is 10.0 Å². The molecule has 2 N–H and O–H groups in total. The lowest BCUT2D eigenvalue weighted by molar-refractivity contribution is -0.384. The Morgan fingerprint density at radius 2 is 1.97 bits per heavy atom. The quantitative estimate of drug-likeness (QED) is 0.288. The molecule has 2 aromatic carbocycles. The van der Waals surface area contributed by atoms with Gasteiger partial charge in [-0.25, -0.2) is 13.1 Å². The lowest BCUT2D eigenvalue weighted by Crippen LogP contribution is -2.30.